The lowest BCUT2D eigenvalue weighted by Crippen LogP contribution is -2.29. The predicted octanol–water partition coefficient (Wildman–Crippen LogP) is 3.70. The number of ether oxygens (including phenoxy) is 2. The van der Waals surface area contributed by atoms with Crippen molar-refractivity contribution in [2.24, 2.45) is 0 Å². The van der Waals surface area contributed by atoms with E-state index in [2.05, 4.69) is 6.92 Å². The van der Waals surface area contributed by atoms with Crippen molar-refractivity contribution in [3.8, 4) is 0 Å². The molecule has 17 heavy (non-hydrogen) atoms. The minimum Gasteiger partial charge on any atom is -0.464 e. The lowest BCUT2D eigenvalue weighted by atomic mass is 10.1. The second-order valence-electron chi connectivity index (χ2n) is 4.44. The average molecular weight is 244 g/mol. The Morgan fingerprint density at radius 2 is 1.82 bits per heavy atom. The van der Waals surface area contributed by atoms with Gasteiger partial charge < -0.3 is 9.47 Å². The molecule has 0 aromatic heterocycles. The molecule has 3 nitrogen and oxygen atoms in total. The molecule has 102 valence electrons. The first kappa shape index (κ1) is 16.4. The molecular weight excluding hydrogens is 216 g/mol. The molecule has 3 heteroatoms. The third kappa shape index (κ3) is 8.19. The summed E-state index contributed by atoms with van der Waals surface area (Å²) in [7, 11) is 0. The first-order valence-corrected chi connectivity index (χ1v) is 6.97. The maximum Gasteiger partial charge on any atom is 0.335 e. The summed E-state index contributed by atoms with van der Waals surface area (Å²) in [6, 6.07) is 0. The highest BCUT2D eigenvalue weighted by Crippen LogP contribution is 2.12. The Labute approximate surface area is 106 Å². The molecule has 0 spiro atoms. The molecule has 0 saturated heterocycles. The van der Waals surface area contributed by atoms with Crippen molar-refractivity contribution in [2.75, 3.05) is 6.61 Å². The minimum atomic E-state index is -0.392. The van der Waals surface area contributed by atoms with Crippen LogP contribution in [-0.2, 0) is 14.3 Å². The van der Waals surface area contributed by atoms with E-state index in [9.17, 15) is 4.79 Å². The highest BCUT2D eigenvalue weighted by atomic mass is 16.6. The van der Waals surface area contributed by atoms with Gasteiger partial charge in [-0.25, -0.2) is 4.79 Å². The van der Waals surface area contributed by atoms with Gasteiger partial charge in [0.25, 0.3) is 0 Å². The van der Waals surface area contributed by atoms with Crippen LogP contribution in [0.25, 0.3) is 0 Å². The molecule has 0 rings (SSSR count). The predicted molar refractivity (Wildman–Crippen MR) is 70.0 cm³/mol. The van der Waals surface area contributed by atoms with Crippen molar-refractivity contribution in [2.45, 2.75) is 78.4 Å². The summed E-state index contributed by atoms with van der Waals surface area (Å²) in [5, 5.41) is 0. The molecule has 0 aliphatic rings. The van der Waals surface area contributed by atoms with Crippen LogP contribution in [0.1, 0.15) is 66.2 Å². The van der Waals surface area contributed by atoms with Crippen LogP contribution >= 0.6 is 0 Å². The van der Waals surface area contributed by atoms with Gasteiger partial charge >= 0.3 is 5.97 Å². The smallest absolute Gasteiger partial charge is 0.335 e. The maximum atomic E-state index is 11.5. The molecular formula is C14H28O3. The van der Waals surface area contributed by atoms with E-state index in [4.69, 9.17) is 9.47 Å². The van der Waals surface area contributed by atoms with Gasteiger partial charge in [-0.05, 0) is 26.7 Å². The van der Waals surface area contributed by atoms with Crippen molar-refractivity contribution >= 4 is 5.97 Å². The normalized spacial score (nSPS) is 14.4. The molecule has 2 atom stereocenters. The van der Waals surface area contributed by atoms with Gasteiger partial charge in [0.1, 0.15) is 0 Å². The summed E-state index contributed by atoms with van der Waals surface area (Å²) in [6.45, 7) is 8.43. The Morgan fingerprint density at radius 1 is 1.12 bits per heavy atom. The van der Waals surface area contributed by atoms with Gasteiger partial charge in [-0.1, -0.05) is 39.5 Å². The van der Waals surface area contributed by atoms with Crippen LogP contribution in [0.5, 0.6) is 0 Å². The molecule has 0 amide bonds. The van der Waals surface area contributed by atoms with Gasteiger partial charge in [0, 0.05) is 0 Å². The average Bonchev–Trinajstić information content (AvgIpc) is 2.32. The second kappa shape index (κ2) is 10.6. The Morgan fingerprint density at radius 3 is 2.35 bits per heavy atom. The third-order valence-electron chi connectivity index (χ3n) is 2.78. The van der Waals surface area contributed by atoms with Crippen LogP contribution in [0.2, 0.25) is 0 Å². The standard InChI is InChI=1S/C14H28O3/c1-5-8-9-10-11-12(4)17-13(6-2)14(15)16-7-3/h12-13H,5-11H2,1-4H3. The first-order chi connectivity index (χ1) is 8.15. The molecule has 0 bridgehead atoms. The van der Waals surface area contributed by atoms with Crippen molar-refractivity contribution in [1.82, 2.24) is 0 Å². The van der Waals surface area contributed by atoms with Crippen LogP contribution in [-0.4, -0.2) is 24.8 Å². The summed E-state index contributed by atoms with van der Waals surface area (Å²) >= 11 is 0. The zero-order chi connectivity index (χ0) is 13.1. The number of unbranched alkanes of at least 4 members (excludes halogenated alkanes) is 3. The van der Waals surface area contributed by atoms with Crippen molar-refractivity contribution < 1.29 is 14.3 Å². The van der Waals surface area contributed by atoms with Crippen LogP contribution in [0.3, 0.4) is 0 Å². The highest BCUT2D eigenvalue weighted by Gasteiger charge is 2.20. The van der Waals surface area contributed by atoms with Crippen LogP contribution in [0.15, 0.2) is 0 Å². The van der Waals surface area contributed by atoms with E-state index in [1.54, 1.807) is 0 Å². The Balaban J connectivity index is 3.81. The highest BCUT2D eigenvalue weighted by molar-refractivity contribution is 5.74. The molecule has 0 saturated carbocycles. The Hall–Kier alpha value is -0.570. The summed E-state index contributed by atoms with van der Waals surface area (Å²) in [5.74, 6) is -0.226. The van der Waals surface area contributed by atoms with E-state index < -0.39 is 6.10 Å². The van der Waals surface area contributed by atoms with Gasteiger partial charge in [-0.2, -0.15) is 0 Å². The molecule has 0 aromatic rings. The molecule has 0 radical (unpaired) electrons. The van der Waals surface area contributed by atoms with Gasteiger partial charge in [-0.3, -0.25) is 0 Å². The van der Waals surface area contributed by atoms with Crippen molar-refractivity contribution in [1.29, 1.82) is 0 Å². The summed E-state index contributed by atoms with van der Waals surface area (Å²) in [6.07, 6.45) is 6.40. The van der Waals surface area contributed by atoms with E-state index in [1.165, 1.54) is 25.7 Å². The van der Waals surface area contributed by atoms with E-state index in [0.717, 1.165) is 6.42 Å². The van der Waals surface area contributed by atoms with Crippen LogP contribution in [0, 0.1) is 0 Å². The molecule has 0 heterocycles. The zero-order valence-electron chi connectivity index (χ0n) is 11.8. The topological polar surface area (TPSA) is 35.5 Å². The fraction of sp³-hybridized carbons (Fsp3) is 0.929. The lowest BCUT2D eigenvalue weighted by Gasteiger charge is -2.19. The molecule has 0 aromatic carbocycles. The zero-order valence-corrected chi connectivity index (χ0v) is 11.8. The largest absolute Gasteiger partial charge is 0.464 e. The molecule has 2 unspecified atom stereocenters. The van der Waals surface area contributed by atoms with Gasteiger partial charge in [-0.15, -0.1) is 0 Å². The monoisotopic (exact) mass is 244 g/mol. The molecule has 0 N–H and O–H groups in total. The number of hydrogen-bond donors (Lipinski definition) is 0. The number of carbonyl (C=O) groups excluding carboxylic acids is 1. The lowest BCUT2D eigenvalue weighted by molar-refractivity contribution is -0.160. The molecule has 0 fully saturated rings. The fourth-order valence-electron chi connectivity index (χ4n) is 1.76. The van der Waals surface area contributed by atoms with Gasteiger partial charge in [0.05, 0.1) is 12.7 Å². The van der Waals surface area contributed by atoms with Crippen LogP contribution in [0.4, 0.5) is 0 Å². The summed E-state index contributed by atoms with van der Waals surface area (Å²) in [5.41, 5.74) is 0. The van der Waals surface area contributed by atoms with Gasteiger partial charge in [0.2, 0.25) is 0 Å². The first-order valence-electron chi connectivity index (χ1n) is 6.97. The van der Waals surface area contributed by atoms with Crippen molar-refractivity contribution in [3.05, 3.63) is 0 Å². The second-order valence-corrected chi connectivity index (χ2v) is 4.44. The summed E-state index contributed by atoms with van der Waals surface area (Å²) in [4.78, 5) is 11.5. The number of esters is 1. The fourth-order valence-corrected chi connectivity index (χ4v) is 1.76. The van der Waals surface area contributed by atoms with E-state index in [0.29, 0.717) is 13.0 Å². The van der Waals surface area contributed by atoms with Crippen molar-refractivity contribution in [3.63, 3.8) is 0 Å². The van der Waals surface area contributed by atoms with Gasteiger partial charge in [0.15, 0.2) is 6.10 Å². The number of carbonyl (C=O) groups is 1. The Bertz CT molecular complexity index is 192. The molecule has 0 aliphatic carbocycles. The minimum absolute atomic E-state index is 0.140. The maximum absolute atomic E-state index is 11.5. The molecule has 0 aliphatic heterocycles. The Kier molecular flexibility index (Phi) is 10.2. The van der Waals surface area contributed by atoms with Crippen LogP contribution < -0.4 is 0 Å². The quantitative estimate of drug-likeness (QED) is 0.434. The third-order valence-corrected chi connectivity index (χ3v) is 2.78. The number of hydrogen-bond acceptors (Lipinski definition) is 3. The summed E-state index contributed by atoms with van der Waals surface area (Å²) < 4.78 is 10.7. The van der Waals surface area contributed by atoms with E-state index in [1.807, 2.05) is 20.8 Å². The number of rotatable bonds is 10. The van der Waals surface area contributed by atoms with E-state index in [-0.39, 0.29) is 12.1 Å². The van der Waals surface area contributed by atoms with E-state index >= 15 is 0 Å². The SMILES string of the molecule is CCCCCCC(C)OC(CC)C(=O)OCC.